The lowest BCUT2D eigenvalue weighted by Gasteiger charge is -2.10. The molecule has 1 N–H and O–H groups in total. The van der Waals surface area contributed by atoms with Gasteiger partial charge in [0, 0.05) is 12.1 Å². The molecule has 0 atom stereocenters. The summed E-state index contributed by atoms with van der Waals surface area (Å²) in [6, 6.07) is 11.5. The highest BCUT2D eigenvalue weighted by atomic mass is 35.5. The third-order valence-corrected chi connectivity index (χ3v) is 3.34. The van der Waals surface area contributed by atoms with E-state index in [1.54, 1.807) is 49.4 Å². The number of ether oxygens (including phenoxy) is 2. The summed E-state index contributed by atoms with van der Waals surface area (Å²) in [6.07, 6.45) is 0.391. The summed E-state index contributed by atoms with van der Waals surface area (Å²) in [7, 11) is 1.32. The molecular formula is C17H16ClNO4. The largest absolute Gasteiger partial charge is 0.465 e. The fraction of sp³-hybridized carbons (Fsp3) is 0.176. The molecule has 0 saturated carbocycles. The highest BCUT2D eigenvalue weighted by molar-refractivity contribution is 6.32. The number of carbonyl (C=O) groups is 2. The number of benzene rings is 2. The second kappa shape index (κ2) is 7.65. The quantitative estimate of drug-likeness (QED) is 0.830. The van der Waals surface area contributed by atoms with Crippen LogP contribution in [0.3, 0.4) is 0 Å². The summed E-state index contributed by atoms with van der Waals surface area (Å²) in [5, 5.41) is 3.09. The molecule has 5 nitrogen and oxygen atoms in total. The smallest absolute Gasteiger partial charge is 0.337 e. The Hall–Kier alpha value is -2.53. The maximum atomic E-state index is 11.4. The van der Waals surface area contributed by atoms with Crippen molar-refractivity contribution in [1.82, 2.24) is 0 Å². The first-order valence-corrected chi connectivity index (χ1v) is 7.37. The highest BCUT2D eigenvalue weighted by Gasteiger charge is 2.08. The van der Waals surface area contributed by atoms with E-state index in [1.165, 1.54) is 7.11 Å². The minimum atomic E-state index is -0.411. The van der Waals surface area contributed by atoms with Crippen LogP contribution < -0.4 is 10.1 Å². The van der Waals surface area contributed by atoms with Crippen LogP contribution >= 0.6 is 11.6 Å². The molecule has 0 saturated heterocycles. The van der Waals surface area contributed by atoms with E-state index < -0.39 is 5.97 Å². The van der Waals surface area contributed by atoms with Crippen molar-refractivity contribution < 1.29 is 19.1 Å². The molecule has 0 aliphatic carbocycles. The molecule has 0 heterocycles. The molecule has 6 heteroatoms. The van der Waals surface area contributed by atoms with Crippen molar-refractivity contribution in [3.63, 3.8) is 0 Å². The molecule has 0 fully saturated rings. The highest BCUT2D eigenvalue weighted by Crippen LogP contribution is 2.31. The summed E-state index contributed by atoms with van der Waals surface area (Å²) in [4.78, 5) is 22.7. The Morgan fingerprint density at radius 2 is 1.83 bits per heavy atom. The molecule has 2 rings (SSSR count). The Labute approximate surface area is 139 Å². The van der Waals surface area contributed by atoms with E-state index in [9.17, 15) is 9.59 Å². The topological polar surface area (TPSA) is 64.6 Å². The van der Waals surface area contributed by atoms with Crippen molar-refractivity contribution in [2.45, 2.75) is 13.3 Å². The van der Waals surface area contributed by atoms with Gasteiger partial charge in [-0.05, 0) is 42.5 Å². The molecule has 2 aromatic rings. The predicted octanol–water partition coefficient (Wildman–Crippen LogP) is 4.27. The number of carbonyl (C=O) groups excluding carboxylic acids is 2. The first-order valence-electron chi connectivity index (χ1n) is 6.99. The average molecular weight is 334 g/mol. The zero-order valence-electron chi connectivity index (χ0n) is 12.8. The summed E-state index contributed by atoms with van der Waals surface area (Å²) in [6.45, 7) is 1.77. The molecule has 2 aromatic carbocycles. The van der Waals surface area contributed by atoms with Crippen molar-refractivity contribution in [3.05, 3.63) is 53.1 Å². The van der Waals surface area contributed by atoms with E-state index in [4.69, 9.17) is 16.3 Å². The zero-order chi connectivity index (χ0) is 16.8. The number of esters is 1. The van der Waals surface area contributed by atoms with Crippen LogP contribution in [0.2, 0.25) is 5.02 Å². The van der Waals surface area contributed by atoms with E-state index in [-0.39, 0.29) is 5.91 Å². The van der Waals surface area contributed by atoms with Gasteiger partial charge in [-0.2, -0.15) is 0 Å². The number of amides is 1. The van der Waals surface area contributed by atoms with Crippen LogP contribution in [-0.2, 0) is 9.53 Å². The molecule has 0 aromatic heterocycles. The average Bonchev–Trinajstić information content (AvgIpc) is 2.57. The number of hydrogen-bond acceptors (Lipinski definition) is 4. The lowest BCUT2D eigenvalue weighted by atomic mass is 10.2. The normalized spacial score (nSPS) is 10.0. The van der Waals surface area contributed by atoms with Crippen LogP contribution in [0.1, 0.15) is 23.7 Å². The molecule has 0 aliphatic rings. The number of hydrogen-bond donors (Lipinski definition) is 1. The van der Waals surface area contributed by atoms with Gasteiger partial charge < -0.3 is 14.8 Å². The van der Waals surface area contributed by atoms with Crippen LogP contribution in [0.5, 0.6) is 11.5 Å². The monoisotopic (exact) mass is 333 g/mol. The first-order chi connectivity index (χ1) is 11.0. The molecule has 0 radical (unpaired) electrons. The molecule has 0 unspecified atom stereocenters. The van der Waals surface area contributed by atoms with Crippen LogP contribution in [0.25, 0.3) is 0 Å². The minimum absolute atomic E-state index is 0.0897. The van der Waals surface area contributed by atoms with Crippen molar-refractivity contribution in [2.75, 3.05) is 12.4 Å². The van der Waals surface area contributed by atoms with Gasteiger partial charge in [-0.15, -0.1) is 0 Å². The van der Waals surface area contributed by atoms with E-state index in [1.807, 2.05) is 0 Å². The number of halogens is 1. The SMILES string of the molecule is CCC(=O)Nc1ccc(Oc2ccc(C(=O)OC)cc2)c(Cl)c1. The third-order valence-electron chi connectivity index (χ3n) is 3.04. The van der Waals surface area contributed by atoms with Gasteiger partial charge in [0.2, 0.25) is 5.91 Å². The molecular weight excluding hydrogens is 318 g/mol. The van der Waals surface area contributed by atoms with E-state index in [2.05, 4.69) is 10.1 Å². The maximum absolute atomic E-state index is 11.4. The van der Waals surface area contributed by atoms with Crippen molar-refractivity contribution in [3.8, 4) is 11.5 Å². The van der Waals surface area contributed by atoms with E-state index in [0.29, 0.717) is 34.2 Å². The van der Waals surface area contributed by atoms with Gasteiger partial charge in [0.1, 0.15) is 11.5 Å². The summed E-state index contributed by atoms with van der Waals surface area (Å²) >= 11 is 6.16. The lowest BCUT2D eigenvalue weighted by molar-refractivity contribution is -0.115. The Morgan fingerprint density at radius 3 is 2.39 bits per heavy atom. The Balaban J connectivity index is 2.11. The Bertz CT molecular complexity index is 713. The molecule has 0 aliphatic heterocycles. The Kier molecular flexibility index (Phi) is 5.60. The van der Waals surface area contributed by atoms with Gasteiger partial charge >= 0.3 is 5.97 Å². The molecule has 120 valence electrons. The van der Waals surface area contributed by atoms with Crippen molar-refractivity contribution in [1.29, 1.82) is 0 Å². The summed E-state index contributed by atoms with van der Waals surface area (Å²) < 4.78 is 10.3. The van der Waals surface area contributed by atoms with Crippen LogP contribution in [-0.4, -0.2) is 19.0 Å². The van der Waals surface area contributed by atoms with Crippen molar-refractivity contribution in [2.24, 2.45) is 0 Å². The standard InChI is InChI=1S/C17H16ClNO4/c1-3-16(20)19-12-6-9-15(14(18)10-12)23-13-7-4-11(5-8-13)17(21)22-2/h4-10H,3H2,1-2H3,(H,19,20). The second-order valence-corrected chi connectivity index (χ2v) is 5.07. The fourth-order valence-electron chi connectivity index (χ4n) is 1.81. The van der Waals surface area contributed by atoms with Gasteiger partial charge in [0.25, 0.3) is 0 Å². The number of anilines is 1. The van der Waals surface area contributed by atoms with E-state index in [0.717, 1.165) is 0 Å². The minimum Gasteiger partial charge on any atom is -0.465 e. The maximum Gasteiger partial charge on any atom is 0.337 e. The molecule has 0 spiro atoms. The summed E-state index contributed by atoms with van der Waals surface area (Å²) in [5.41, 5.74) is 1.04. The van der Waals surface area contributed by atoms with Crippen molar-refractivity contribution >= 4 is 29.2 Å². The number of methoxy groups -OCH3 is 1. The first kappa shape index (κ1) is 16.8. The predicted molar refractivity (Wildman–Crippen MR) is 88.2 cm³/mol. The van der Waals surface area contributed by atoms with Gasteiger partial charge in [0.15, 0.2) is 0 Å². The summed E-state index contributed by atoms with van der Waals surface area (Å²) in [5.74, 6) is 0.482. The van der Waals surface area contributed by atoms with Gasteiger partial charge in [-0.25, -0.2) is 4.79 Å². The number of rotatable bonds is 5. The Morgan fingerprint density at radius 1 is 1.13 bits per heavy atom. The fourth-order valence-corrected chi connectivity index (χ4v) is 2.03. The third kappa shape index (κ3) is 4.47. The van der Waals surface area contributed by atoms with Crippen LogP contribution in [0.15, 0.2) is 42.5 Å². The second-order valence-electron chi connectivity index (χ2n) is 4.66. The van der Waals surface area contributed by atoms with Gasteiger partial charge in [0.05, 0.1) is 17.7 Å². The van der Waals surface area contributed by atoms with Gasteiger partial charge in [-0.1, -0.05) is 18.5 Å². The van der Waals surface area contributed by atoms with Gasteiger partial charge in [-0.3, -0.25) is 4.79 Å². The van der Waals surface area contributed by atoms with Crippen LogP contribution in [0.4, 0.5) is 5.69 Å². The van der Waals surface area contributed by atoms with E-state index >= 15 is 0 Å². The zero-order valence-corrected chi connectivity index (χ0v) is 13.5. The lowest BCUT2D eigenvalue weighted by Crippen LogP contribution is -2.09. The van der Waals surface area contributed by atoms with Crippen LogP contribution in [0, 0.1) is 0 Å². The molecule has 0 bridgehead atoms. The molecule has 23 heavy (non-hydrogen) atoms. The molecule has 1 amide bonds. The number of nitrogens with one attached hydrogen (secondary N) is 1.